The van der Waals surface area contributed by atoms with Crippen LogP contribution in [0.3, 0.4) is 0 Å². The fraction of sp³-hybridized carbons (Fsp3) is 0.944. The van der Waals surface area contributed by atoms with E-state index in [0.717, 1.165) is 78.1 Å². The fourth-order valence-electron chi connectivity index (χ4n) is 2.53. The highest BCUT2D eigenvalue weighted by Gasteiger charge is 2.13. The summed E-state index contributed by atoms with van der Waals surface area (Å²) in [4.78, 5) is 7.17. The summed E-state index contributed by atoms with van der Waals surface area (Å²) in [5, 5.41) is 6.65. The number of rotatable bonds is 11. The minimum Gasteiger partial charge on any atom is -0.380 e. The maximum absolute atomic E-state index is 5.64. The van der Waals surface area contributed by atoms with Gasteiger partial charge < -0.3 is 20.1 Å². The Morgan fingerprint density at radius 3 is 2.58 bits per heavy atom. The number of morpholine rings is 1. The maximum atomic E-state index is 5.64. The van der Waals surface area contributed by atoms with Crippen molar-refractivity contribution in [1.29, 1.82) is 0 Å². The van der Waals surface area contributed by atoms with Crippen LogP contribution in [-0.4, -0.2) is 76.6 Å². The Bertz CT molecular complexity index is 331. The molecule has 1 heterocycles. The summed E-state index contributed by atoms with van der Waals surface area (Å²) in [6.07, 6.45) is 1.12. The molecule has 6 nitrogen and oxygen atoms in total. The first kappa shape index (κ1) is 21.2. The first-order valence-electron chi connectivity index (χ1n) is 9.51. The lowest BCUT2D eigenvalue weighted by atomic mass is 10.1. The summed E-state index contributed by atoms with van der Waals surface area (Å²) < 4.78 is 11.0. The lowest BCUT2D eigenvalue weighted by Crippen LogP contribution is -2.41. The highest BCUT2D eigenvalue weighted by molar-refractivity contribution is 5.79. The average molecular weight is 343 g/mol. The van der Waals surface area contributed by atoms with Crippen molar-refractivity contribution in [2.75, 3.05) is 65.7 Å². The van der Waals surface area contributed by atoms with E-state index in [4.69, 9.17) is 14.5 Å². The second kappa shape index (κ2) is 13.4. The number of nitrogens with one attached hydrogen (secondary N) is 2. The van der Waals surface area contributed by atoms with E-state index in [1.165, 1.54) is 0 Å². The molecule has 6 heteroatoms. The molecule has 1 aliphatic rings. The Morgan fingerprint density at radius 2 is 1.92 bits per heavy atom. The third kappa shape index (κ3) is 10.8. The largest absolute Gasteiger partial charge is 0.380 e. The van der Waals surface area contributed by atoms with Crippen LogP contribution in [0.15, 0.2) is 4.99 Å². The topological polar surface area (TPSA) is 58.1 Å². The summed E-state index contributed by atoms with van der Waals surface area (Å²) in [7, 11) is 0. The van der Waals surface area contributed by atoms with Crippen molar-refractivity contribution in [1.82, 2.24) is 15.5 Å². The van der Waals surface area contributed by atoms with Gasteiger partial charge in [0.15, 0.2) is 5.96 Å². The molecular formula is C18H38N4O2. The molecule has 0 saturated carbocycles. The molecule has 0 amide bonds. The van der Waals surface area contributed by atoms with E-state index >= 15 is 0 Å². The van der Waals surface area contributed by atoms with Crippen LogP contribution >= 0.6 is 0 Å². The molecule has 0 aliphatic carbocycles. The zero-order valence-corrected chi connectivity index (χ0v) is 16.1. The second-order valence-electron chi connectivity index (χ2n) is 6.96. The van der Waals surface area contributed by atoms with Crippen molar-refractivity contribution in [2.24, 2.45) is 16.8 Å². The number of guanidine groups is 1. The highest BCUT2D eigenvalue weighted by Crippen LogP contribution is 2.04. The van der Waals surface area contributed by atoms with Gasteiger partial charge in [0.05, 0.1) is 19.8 Å². The van der Waals surface area contributed by atoms with Gasteiger partial charge in [-0.05, 0) is 25.2 Å². The molecule has 0 aromatic heterocycles. The Kier molecular flexibility index (Phi) is 11.9. The van der Waals surface area contributed by atoms with Crippen LogP contribution in [-0.2, 0) is 9.47 Å². The third-order valence-corrected chi connectivity index (χ3v) is 3.96. The SMILES string of the molecule is CCNC(=NCC(C)CN1CCOCC1)NCCOCCC(C)C. The first-order chi connectivity index (χ1) is 11.6. The van der Waals surface area contributed by atoms with Gasteiger partial charge >= 0.3 is 0 Å². The predicted octanol–water partition coefficient (Wildman–Crippen LogP) is 1.57. The summed E-state index contributed by atoms with van der Waals surface area (Å²) in [5.41, 5.74) is 0. The molecule has 0 bridgehead atoms. The van der Waals surface area contributed by atoms with Crippen molar-refractivity contribution in [3.05, 3.63) is 0 Å². The van der Waals surface area contributed by atoms with Gasteiger partial charge in [-0.3, -0.25) is 9.89 Å². The average Bonchev–Trinajstić information content (AvgIpc) is 2.56. The van der Waals surface area contributed by atoms with Gasteiger partial charge in [0, 0.05) is 45.9 Å². The predicted molar refractivity (Wildman–Crippen MR) is 101 cm³/mol. The molecule has 1 unspecified atom stereocenters. The van der Waals surface area contributed by atoms with Gasteiger partial charge in [0.1, 0.15) is 0 Å². The van der Waals surface area contributed by atoms with Gasteiger partial charge in [-0.1, -0.05) is 20.8 Å². The zero-order chi connectivity index (χ0) is 17.6. The van der Waals surface area contributed by atoms with Gasteiger partial charge in [0.2, 0.25) is 0 Å². The molecule has 0 aromatic rings. The maximum Gasteiger partial charge on any atom is 0.191 e. The lowest BCUT2D eigenvalue weighted by Gasteiger charge is -2.28. The monoisotopic (exact) mass is 342 g/mol. The minimum atomic E-state index is 0.542. The van der Waals surface area contributed by atoms with E-state index in [-0.39, 0.29) is 0 Å². The molecular weight excluding hydrogens is 304 g/mol. The quantitative estimate of drug-likeness (QED) is 0.339. The van der Waals surface area contributed by atoms with Crippen LogP contribution < -0.4 is 10.6 Å². The van der Waals surface area contributed by atoms with Gasteiger partial charge in [-0.2, -0.15) is 0 Å². The Morgan fingerprint density at radius 1 is 1.17 bits per heavy atom. The highest BCUT2D eigenvalue weighted by atomic mass is 16.5. The summed E-state index contributed by atoms with van der Waals surface area (Å²) in [5.74, 6) is 2.13. The van der Waals surface area contributed by atoms with Gasteiger partial charge in [-0.15, -0.1) is 0 Å². The van der Waals surface area contributed by atoms with Crippen molar-refractivity contribution >= 4 is 5.96 Å². The van der Waals surface area contributed by atoms with Gasteiger partial charge in [-0.25, -0.2) is 0 Å². The van der Waals surface area contributed by atoms with E-state index < -0.39 is 0 Å². The number of aliphatic imine (C=N–C) groups is 1. The molecule has 142 valence electrons. The van der Waals surface area contributed by atoms with Crippen molar-refractivity contribution in [3.8, 4) is 0 Å². The van der Waals surface area contributed by atoms with Crippen LogP contribution in [0.25, 0.3) is 0 Å². The molecule has 0 radical (unpaired) electrons. The molecule has 1 aliphatic heterocycles. The summed E-state index contributed by atoms with van der Waals surface area (Å²) in [6, 6.07) is 0. The molecule has 24 heavy (non-hydrogen) atoms. The normalized spacial score (nSPS) is 18.0. The molecule has 1 rings (SSSR count). The zero-order valence-electron chi connectivity index (χ0n) is 16.1. The van der Waals surface area contributed by atoms with Crippen LogP contribution in [0.5, 0.6) is 0 Å². The lowest BCUT2D eigenvalue weighted by molar-refractivity contribution is 0.0323. The molecule has 1 fully saturated rings. The molecule has 2 N–H and O–H groups in total. The van der Waals surface area contributed by atoms with Crippen LogP contribution in [0.4, 0.5) is 0 Å². The van der Waals surface area contributed by atoms with Crippen LogP contribution in [0.1, 0.15) is 34.1 Å². The smallest absolute Gasteiger partial charge is 0.191 e. The molecule has 1 atom stereocenters. The van der Waals surface area contributed by atoms with Crippen LogP contribution in [0.2, 0.25) is 0 Å². The Balaban J connectivity index is 2.20. The van der Waals surface area contributed by atoms with Crippen molar-refractivity contribution in [2.45, 2.75) is 34.1 Å². The molecule has 0 aromatic carbocycles. The van der Waals surface area contributed by atoms with E-state index in [2.05, 4.69) is 43.2 Å². The van der Waals surface area contributed by atoms with E-state index in [9.17, 15) is 0 Å². The van der Waals surface area contributed by atoms with E-state index in [1.54, 1.807) is 0 Å². The summed E-state index contributed by atoms with van der Waals surface area (Å²) in [6.45, 7) is 17.7. The van der Waals surface area contributed by atoms with Crippen molar-refractivity contribution in [3.63, 3.8) is 0 Å². The van der Waals surface area contributed by atoms with E-state index in [0.29, 0.717) is 11.8 Å². The number of ether oxygens (including phenoxy) is 2. The first-order valence-corrected chi connectivity index (χ1v) is 9.51. The van der Waals surface area contributed by atoms with Crippen molar-refractivity contribution < 1.29 is 9.47 Å². The standard InChI is InChI=1S/C18H38N4O2/c1-5-19-18(20-7-11-23-10-6-16(2)3)21-14-17(4)15-22-8-12-24-13-9-22/h16-17H,5-15H2,1-4H3,(H2,19,20,21). The van der Waals surface area contributed by atoms with E-state index in [1.807, 2.05) is 0 Å². The number of nitrogens with zero attached hydrogens (tertiary/aromatic N) is 2. The number of hydrogen-bond acceptors (Lipinski definition) is 4. The Hall–Kier alpha value is -0.850. The third-order valence-electron chi connectivity index (χ3n) is 3.96. The fourth-order valence-corrected chi connectivity index (χ4v) is 2.53. The molecule has 0 spiro atoms. The second-order valence-corrected chi connectivity index (χ2v) is 6.96. The minimum absolute atomic E-state index is 0.542. The Labute approximate surface area is 148 Å². The summed E-state index contributed by atoms with van der Waals surface area (Å²) >= 11 is 0. The molecule has 1 saturated heterocycles. The van der Waals surface area contributed by atoms with Gasteiger partial charge in [0.25, 0.3) is 0 Å². The van der Waals surface area contributed by atoms with Crippen LogP contribution in [0, 0.1) is 11.8 Å². The number of hydrogen-bond donors (Lipinski definition) is 2.